The maximum atomic E-state index is 8.70. The summed E-state index contributed by atoms with van der Waals surface area (Å²) in [6, 6.07) is 7.44. The number of nitrogens with zero attached hydrogens (tertiary/aromatic N) is 1. The fraction of sp³-hybridized carbons (Fsp3) is 0.417. The first-order valence-corrected chi connectivity index (χ1v) is 5.60. The largest absolute Gasteiger partial charge is 0.476 e. The van der Waals surface area contributed by atoms with Crippen LogP contribution in [0.4, 0.5) is 0 Å². The van der Waals surface area contributed by atoms with Gasteiger partial charge in [-0.25, -0.2) is 0 Å². The average Bonchev–Trinajstić information content (AvgIpc) is 2.29. The molecule has 0 fully saturated rings. The van der Waals surface area contributed by atoms with Crippen LogP contribution in [0.2, 0.25) is 5.02 Å². The van der Waals surface area contributed by atoms with Crippen LogP contribution in [0.15, 0.2) is 18.2 Å². The molecule has 1 atom stereocenters. The van der Waals surface area contributed by atoms with Crippen LogP contribution in [-0.4, -0.2) is 12.6 Å². The summed E-state index contributed by atoms with van der Waals surface area (Å²) in [6.45, 7) is 5.30. The molecule has 0 aliphatic rings. The maximum absolute atomic E-state index is 8.70. The summed E-state index contributed by atoms with van der Waals surface area (Å²) in [5.41, 5.74) is 0.969. The van der Waals surface area contributed by atoms with E-state index in [2.05, 4.69) is 5.32 Å². The molecular weight excluding hydrogens is 224 g/mol. The van der Waals surface area contributed by atoms with Crippen molar-refractivity contribution in [2.75, 3.05) is 6.54 Å². The molecule has 3 nitrogen and oxygen atoms in total. The van der Waals surface area contributed by atoms with Crippen molar-refractivity contribution in [3.05, 3.63) is 28.8 Å². The van der Waals surface area contributed by atoms with Crippen LogP contribution in [0.1, 0.15) is 19.4 Å². The Morgan fingerprint density at radius 3 is 2.94 bits per heavy atom. The van der Waals surface area contributed by atoms with Gasteiger partial charge in [-0.2, -0.15) is 5.26 Å². The molecule has 1 rings (SSSR count). The van der Waals surface area contributed by atoms with Crippen molar-refractivity contribution in [3.63, 3.8) is 0 Å². The molecular formula is C12H15ClN2O. The molecule has 86 valence electrons. The lowest BCUT2D eigenvalue weighted by atomic mass is 10.2. The monoisotopic (exact) mass is 238 g/mol. The predicted octanol–water partition coefficient (Wildman–Crippen LogP) is 2.74. The molecule has 0 aliphatic carbocycles. The summed E-state index contributed by atoms with van der Waals surface area (Å²) in [4.78, 5) is 0. The van der Waals surface area contributed by atoms with Crippen molar-refractivity contribution in [1.29, 1.82) is 5.26 Å². The van der Waals surface area contributed by atoms with Crippen LogP contribution in [0, 0.1) is 11.3 Å². The zero-order chi connectivity index (χ0) is 12.0. The van der Waals surface area contributed by atoms with Crippen LogP contribution in [0.5, 0.6) is 5.75 Å². The average molecular weight is 239 g/mol. The zero-order valence-corrected chi connectivity index (χ0v) is 10.2. The third kappa shape index (κ3) is 3.73. The molecule has 1 aromatic rings. The van der Waals surface area contributed by atoms with Crippen LogP contribution in [0.25, 0.3) is 0 Å². The Labute approximate surface area is 101 Å². The number of benzene rings is 1. The Kier molecular flexibility index (Phi) is 5.10. The molecule has 0 spiro atoms. The van der Waals surface area contributed by atoms with E-state index < -0.39 is 6.10 Å². The number of halogens is 1. The minimum absolute atomic E-state index is 0.457. The van der Waals surface area contributed by atoms with E-state index in [0.29, 0.717) is 17.3 Å². The number of hydrogen-bond donors (Lipinski definition) is 1. The van der Waals surface area contributed by atoms with Gasteiger partial charge >= 0.3 is 0 Å². The second-order valence-corrected chi connectivity index (χ2v) is 3.86. The van der Waals surface area contributed by atoms with E-state index in [1.54, 1.807) is 19.1 Å². The highest BCUT2D eigenvalue weighted by Gasteiger charge is 2.07. The molecule has 1 aromatic carbocycles. The van der Waals surface area contributed by atoms with Gasteiger partial charge in [0.2, 0.25) is 0 Å². The van der Waals surface area contributed by atoms with E-state index in [1.165, 1.54) is 0 Å². The highest BCUT2D eigenvalue weighted by atomic mass is 35.5. The van der Waals surface area contributed by atoms with Gasteiger partial charge in [-0.15, -0.1) is 0 Å². The smallest absolute Gasteiger partial charge is 0.181 e. The van der Waals surface area contributed by atoms with Crippen molar-refractivity contribution in [1.82, 2.24) is 5.32 Å². The van der Waals surface area contributed by atoms with Crippen LogP contribution in [-0.2, 0) is 6.54 Å². The van der Waals surface area contributed by atoms with Crippen molar-refractivity contribution in [2.24, 2.45) is 0 Å². The maximum Gasteiger partial charge on any atom is 0.181 e. The molecule has 1 N–H and O–H groups in total. The summed E-state index contributed by atoms with van der Waals surface area (Å²) >= 11 is 5.92. The summed E-state index contributed by atoms with van der Waals surface area (Å²) < 4.78 is 5.49. The van der Waals surface area contributed by atoms with Gasteiger partial charge in [0.15, 0.2) is 6.10 Å². The first kappa shape index (κ1) is 12.8. The molecule has 0 amide bonds. The Balaban J connectivity index is 2.85. The lowest BCUT2D eigenvalue weighted by Gasteiger charge is -2.13. The molecule has 1 unspecified atom stereocenters. The lowest BCUT2D eigenvalue weighted by molar-refractivity contribution is 0.273. The van der Waals surface area contributed by atoms with E-state index in [-0.39, 0.29) is 0 Å². The fourth-order valence-electron chi connectivity index (χ4n) is 1.28. The normalized spacial score (nSPS) is 11.9. The number of hydrogen-bond acceptors (Lipinski definition) is 3. The topological polar surface area (TPSA) is 45.0 Å². The number of nitrogens with one attached hydrogen (secondary N) is 1. The molecule has 0 aromatic heterocycles. The number of nitriles is 1. The van der Waals surface area contributed by atoms with Crippen molar-refractivity contribution in [2.45, 2.75) is 26.5 Å². The van der Waals surface area contributed by atoms with Crippen molar-refractivity contribution < 1.29 is 4.74 Å². The van der Waals surface area contributed by atoms with Crippen molar-refractivity contribution >= 4 is 11.6 Å². The minimum atomic E-state index is -0.457. The second-order valence-electron chi connectivity index (χ2n) is 3.42. The van der Waals surface area contributed by atoms with Gasteiger partial charge in [0.25, 0.3) is 0 Å². The SMILES string of the molecule is CCNCc1cc(Cl)ccc1OC(C)C#N. The molecule has 0 aliphatic heterocycles. The summed E-state index contributed by atoms with van der Waals surface area (Å²) in [5.74, 6) is 0.708. The Morgan fingerprint density at radius 2 is 2.31 bits per heavy atom. The Hall–Kier alpha value is -1.24. The zero-order valence-electron chi connectivity index (χ0n) is 9.46. The molecule has 4 heteroatoms. The highest BCUT2D eigenvalue weighted by molar-refractivity contribution is 6.30. The van der Waals surface area contributed by atoms with E-state index in [1.807, 2.05) is 19.1 Å². The molecule has 0 saturated heterocycles. The number of ether oxygens (including phenoxy) is 1. The minimum Gasteiger partial charge on any atom is -0.476 e. The van der Waals surface area contributed by atoms with Gasteiger partial charge in [0, 0.05) is 17.1 Å². The van der Waals surface area contributed by atoms with Crippen LogP contribution in [0.3, 0.4) is 0 Å². The van der Waals surface area contributed by atoms with E-state index in [9.17, 15) is 0 Å². The first-order valence-electron chi connectivity index (χ1n) is 5.22. The molecule has 0 heterocycles. The van der Waals surface area contributed by atoms with E-state index >= 15 is 0 Å². The summed E-state index contributed by atoms with van der Waals surface area (Å²) in [7, 11) is 0. The Morgan fingerprint density at radius 1 is 1.56 bits per heavy atom. The van der Waals surface area contributed by atoms with E-state index in [0.717, 1.165) is 12.1 Å². The number of rotatable bonds is 5. The van der Waals surface area contributed by atoms with Crippen molar-refractivity contribution in [3.8, 4) is 11.8 Å². The predicted molar refractivity (Wildman–Crippen MR) is 64.5 cm³/mol. The Bertz CT molecular complexity index is 387. The standard InChI is InChI=1S/C12H15ClN2O/c1-3-15-8-10-6-11(13)4-5-12(10)16-9(2)7-14/h4-6,9,15H,3,8H2,1-2H3. The summed E-state index contributed by atoms with van der Waals surface area (Å²) in [6.07, 6.45) is -0.457. The van der Waals surface area contributed by atoms with Gasteiger partial charge < -0.3 is 10.1 Å². The highest BCUT2D eigenvalue weighted by Crippen LogP contribution is 2.23. The van der Waals surface area contributed by atoms with Gasteiger partial charge in [-0.05, 0) is 31.7 Å². The second kappa shape index (κ2) is 6.37. The van der Waals surface area contributed by atoms with Gasteiger partial charge in [-0.1, -0.05) is 18.5 Å². The van der Waals surface area contributed by atoms with Gasteiger partial charge in [0.1, 0.15) is 11.8 Å². The summed E-state index contributed by atoms with van der Waals surface area (Å²) in [5, 5.41) is 12.6. The van der Waals surface area contributed by atoms with Gasteiger partial charge in [-0.3, -0.25) is 0 Å². The molecule has 0 saturated carbocycles. The first-order chi connectivity index (χ1) is 7.67. The third-order valence-electron chi connectivity index (χ3n) is 2.07. The molecule has 16 heavy (non-hydrogen) atoms. The van der Waals surface area contributed by atoms with Crippen LogP contribution >= 0.6 is 11.6 Å². The molecule has 0 bridgehead atoms. The quantitative estimate of drug-likeness (QED) is 0.858. The van der Waals surface area contributed by atoms with E-state index in [4.69, 9.17) is 21.6 Å². The third-order valence-corrected chi connectivity index (χ3v) is 2.31. The molecule has 0 radical (unpaired) electrons. The van der Waals surface area contributed by atoms with Gasteiger partial charge in [0.05, 0.1) is 0 Å². The van der Waals surface area contributed by atoms with Crippen LogP contribution < -0.4 is 10.1 Å². The fourth-order valence-corrected chi connectivity index (χ4v) is 1.47. The lowest BCUT2D eigenvalue weighted by Crippen LogP contribution is -2.15.